The molecule has 0 unspecified atom stereocenters. The molecule has 0 aromatic heterocycles. The van der Waals surface area contributed by atoms with Gasteiger partial charge in [0.25, 0.3) is 0 Å². The third-order valence-electron chi connectivity index (χ3n) is 6.15. The average molecular weight is 394 g/mol. The smallest absolute Gasteiger partial charge is 0.304 e. The molecule has 0 spiro atoms. The number of piperidine rings is 1. The van der Waals surface area contributed by atoms with Gasteiger partial charge in [-0.25, -0.2) is 0 Å². The minimum absolute atomic E-state index is 0.0702. The second-order valence-corrected chi connectivity index (χ2v) is 8.11. The van der Waals surface area contributed by atoms with Crippen LogP contribution in [0.25, 0.3) is 0 Å². The molecular formula is C23H26N2O4. The third kappa shape index (κ3) is 3.48. The molecule has 0 saturated carbocycles. The highest BCUT2D eigenvalue weighted by molar-refractivity contribution is 5.69. The molecule has 2 atom stereocenters. The van der Waals surface area contributed by atoms with Gasteiger partial charge in [0, 0.05) is 41.9 Å². The normalized spacial score (nSPS) is 22.4. The Labute approximate surface area is 170 Å². The van der Waals surface area contributed by atoms with Crippen molar-refractivity contribution in [3.8, 4) is 11.5 Å². The number of nitrogens with one attached hydrogen (secondary N) is 1. The van der Waals surface area contributed by atoms with E-state index in [1.165, 1.54) is 30.5 Å². The van der Waals surface area contributed by atoms with E-state index >= 15 is 0 Å². The Balaban J connectivity index is 1.34. The Kier molecular flexibility index (Phi) is 4.70. The number of anilines is 2. The van der Waals surface area contributed by atoms with Crippen LogP contribution < -0.4 is 19.7 Å². The second-order valence-electron chi connectivity index (χ2n) is 8.11. The summed E-state index contributed by atoms with van der Waals surface area (Å²) in [5.74, 6) is 0.922. The largest absolute Gasteiger partial charge is 0.493 e. The van der Waals surface area contributed by atoms with Crippen LogP contribution in [0.2, 0.25) is 0 Å². The van der Waals surface area contributed by atoms with Gasteiger partial charge in [-0.3, -0.25) is 4.79 Å². The number of hydrogen-bond acceptors (Lipinski definition) is 5. The minimum atomic E-state index is -0.794. The van der Waals surface area contributed by atoms with E-state index in [0.29, 0.717) is 13.2 Å². The van der Waals surface area contributed by atoms with Crippen LogP contribution in [0, 0.1) is 0 Å². The standard InChI is InChI=1S/C23H26N2O4/c26-22(27)11-15-13-28-21-12-16(7-8-17(15)21)24-19-14-29-23-18(19)5-4-6-20(23)25-9-2-1-3-10-25/h4-8,12,15,19,24H,1-3,9-11,13-14H2,(H,26,27)/t15-,19-/m1/s1. The molecule has 0 bridgehead atoms. The lowest BCUT2D eigenvalue weighted by Gasteiger charge is -2.30. The van der Waals surface area contributed by atoms with Crippen LogP contribution in [-0.4, -0.2) is 37.4 Å². The van der Waals surface area contributed by atoms with Gasteiger partial charge in [0.2, 0.25) is 0 Å². The van der Waals surface area contributed by atoms with E-state index in [1.54, 1.807) is 0 Å². The average Bonchev–Trinajstić information content (AvgIpc) is 3.32. The van der Waals surface area contributed by atoms with E-state index in [0.717, 1.165) is 35.8 Å². The van der Waals surface area contributed by atoms with Crippen molar-refractivity contribution in [1.29, 1.82) is 0 Å². The highest BCUT2D eigenvalue weighted by Gasteiger charge is 2.30. The quantitative estimate of drug-likeness (QED) is 0.793. The number of carbonyl (C=O) groups is 1. The van der Waals surface area contributed by atoms with Crippen LogP contribution in [0.15, 0.2) is 36.4 Å². The number of benzene rings is 2. The van der Waals surface area contributed by atoms with Gasteiger partial charge in [-0.15, -0.1) is 0 Å². The lowest BCUT2D eigenvalue weighted by atomic mass is 9.97. The number of aliphatic carboxylic acids is 1. The van der Waals surface area contributed by atoms with E-state index in [2.05, 4.69) is 28.4 Å². The highest BCUT2D eigenvalue weighted by Crippen LogP contribution is 2.43. The molecule has 0 radical (unpaired) electrons. The number of ether oxygens (including phenoxy) is 2. The van der Waals surface area contributed by atoms with E-state index in [4.69, 9.17) is 14.6 Å². The molecule has 2 aromatic rings. The zero-order valence-corrected chi connectivity index (χ0v) is 16.4. The maximum atomic E-state index is 11.0. The van der Waals surface area contributed by atoms with E-state index in [9.17, 15) is 4.79 Å². The minimum Gasteiger partial charge on any atom is -0.493 e. The first-order valence-electron chi connectivity index (χ1n) is 10.4. The van der Waals surface area contributed by atoms with Crippen LogP contribution in [0.5, 0.6) is 11.5 Å². The lowest BCUT2D eigenvalue weighted by molar-refractivity contribution is -0.137. The summed E-state index contributed by atoms with van der Waals surface area (Å²) in [5.41, 5.74) is 4.34. The van der Waals surface area contributed by atoms with E-state index in [1.807, 2.05) is 18.2 Å². The fraction of sp³-hybridized carbons (Fsp3) is 0.435. The first-order chi connectivity index (χ1) is 14.2. The summed E-state index contributed by atoms with van der Waals surface area (Å²) in [6, 6.07) is 12.5. The maximum Gasteiger partial charge on any atom is 0.304 e. The molecule has 3 heterocycles. The van der Waals surface area contributed by atoms with E-state index in [-0.39, 0.29) is 18.4 Å². The van der Waals surface area contributed by atoms with Crippen molar-refractivity contribution in [2.75, 3.05) is 36.5 Å². The van der Waals surface area contributed by atoms with Crippen molar-refractivity contribution in [1.82, 2.24) is 0 Å². The molecule has 0 amide bonds. The van der Waals surface area contributed by atoms with Crippen LogP contribution in [0.3, 0.4) is 0 Å². The number of para-hydroxylation sites is 1. The highest BCUT2D eigenvalue weighted by atomic mass is 16.5. The molecule has 2 aromatic carbocycles. The van der Waals surface area contributed by atoms with Gasteiger partial charge >= 0.3 is 5.97 Å². The molecule has 6 nitrogen and oxygen atoms in total. The first kappa shape index (κ1) is 18.2. The van der Waals surface area contributed by atoms with Crippen molar-refractivity contribution in [2.45, 2.75) is 37.6 Å². The Bertz CT molecular complexity index is 923. The Morgan fingerprint density at radius 2 is 1.93 bits per heavy atom. The van der Waals surface area contributed by atoms with Crippen molar-refractivity contribution in [3.63, 3.8) is 0 Å². The maximum absolute atomic E-state index is 11.0. The Morgan fingerprint density at radius 3 is 2.76 bits per heavy atom. The van der Waals surface area contributed by atoms with Crippen molar-refractivity contribution >= 4 is 17.3 Å². The van der Waals surface area contributed by atoms with Crippen LogP contribution in [0.4, 0.5) is 11.4 Å². The van der Waals surface area contributed by atoms with Gasteiger partial charge in [-0.05, 0) is 31.4 Å². The number of rotatable bonds is 5. The SMILES string of the molecule is O=C(O)C[C@@H]1COc2cc(N[C@@H]3COc4c3cccc4N3CCCCC3)ccc21. The molecule has 6 heteroatoms. The van der Waals surface area contributed by atoms with Crippen molar-refractivity contribution < 1.29 is 19.4 Å². The van der Waals surface area contributed by atoms with Gasteiger partial charge in [0.05, 0.1) is 24.8 Å². The topological polar surface area (TPSA) is 71.0 Å². The summed E-state index contributed by atoms with van der Waals surface area (Å²) < 4.78 is 11.9. The number of fused-ring (bicyclic) bond motifs is 2. The summed E-state index contributed by atoms with van der Waals surface area (Å²) in [6.07, 6.45) is 3.89. The zero-order valence-electron chi connectivity index (χ0n) is 16.4. The molecule has 29 heavy (non-hydrogen) atoms. The molecular weight excluding hydrogens is 368 g/mol. The third-order valence-corrected chi connectivity index (χ3v) is 6.15. The molecule has 1 saturated heterocycles. The summed E-state index contributed by atoms with van der Waals surface area (Å²) in [4.78, 5) is 13.5. The predicted molar refractivity (Wildman–Crippen MR) is 111 cm³/mol. The molecule has 5 rings (SSSR count). The molecule has 2 N–H and O–H groups in total. The van der Waals surface area contributed by atoms with Crippen LogP contribution in [0.1, 0.15) is 48.8 Å². The molecule has 0 aliphatic carbocycles. The fourth-order valence-electron chi connectivity index (χ4n) is 4.68. The van der Waals surface area contributed by atoms with Crippen LogP contribution in [-0.2, 0) is 4.79 Å². The monoisotopic (exact) mass is 394 g/mol. The number of nitrogens with zero attached hydrogens (tertiary/aromatic N) is 1. The molecule has 3 aliphatic heterocycles. The number of hydrogen-bond donors (Lipinski definition) is 2. The number of carboxylic acid groups (broad SMARTS) is 1. The number of carboxylic acids is 1. The van der Waals surface area contributed by atoms with Crippen LogP contribution >= 0.6 is 0 Å². The molecule has 152 valence electrons. The molecule has 1 fully saturated rings. The van der Waals surface area contributed by atoms with Crippen molar-refractivity contribution in [3.05, 3.63) is 47.5 Å². The summed E-state index contributed by atoms with van der Waals surface area (Å²) in [6.45, 7) is 3.22. The predicted octanol–water partition coefficient (Wildman–Crippen LogP) is 4.17. The Morgan fingerprint density at radius 1 is 1.07 bits per heavy atom. The van der Waals surface area contributed by atoms with E-state index < -0.39 is 5.97 Å². The van der Waals surface area contributed by atoms with Gasteiger partial charge in [-0.1, -0.05) is 18.2 Å². The van der Waals surface area contributed by atoms with Gasteiger partial charge in [-0.2, -0.15) is 0 Å². The first-order valence-corrected chi connectivity index (χ1v) is 10.4. The van der Waals surface area contributed by atoms with Gasteiger partial charge in [0.1, 0.15) is 18.1 Å². The van der Waals surface area contributed by atoms with Crippen molar-refractivity contribution in [2.24, 2.45) is 0 Å². The summed E-state index contributed by atoms with van der Waals surface area (Å²) >= 11 is 0. The van der Waals surface area contributed by atoms with Gasteiger partial charge < -0.3 is 24.8 Å². The second kappa shape index (κ2) is 7.50. The van der Waals surface area contributed by atoms with Gasteiger partial charge in [0.15, 0.2) is 0 Å². The fourth-order valence-corrected chi connectivity index (χ4v) is 4.68. The Hall–Kier alpha value is -2.89. The summed E-state index contributed by atoms with van der Waals surface area (Å²) in [7, 11) is 0. The lowest BCUT2D eigenvalue weighted by Crippen LogP contribution is -2.29. The summed E-state index contributed by atoms with van der Waals surface area (Å²) in [5, 5.41) is 12.6. The molecule has 3 aliphatic rings. The zero-order chi connectivity index (χ0) is 19.8.